The van der Waals surface area contributed by atoms with Crippen molar-refractivity contribution in [3.63, 3.8) is 0 Å². The summed E-state index contributed by atoms with van der Waals surface area (Å²) >= 11 is 5.21. The van der Waals surface area contributed by atoms with Gasteiger partial charge in [0.05, 0.1) is 6.61 Å². The van der Waals surface area contributed by atoms with Crippen molar-refractivity contribution in [2.45, 2.75) is 13.3 Å². The van der Waals surface area contributed by atoms with Crippen molar-refractivity contribution in [2.75, 3.05) is 18.5 Å². The van der Waals surface area contributed by atoms with Crippen LogP contribution in [0.5, 0.6) is 5.75 Å². The smallest absolute Gasteiger partial charge is 0.223 e. The Morgan fingerprint density at radius 2 is 2.07 bits per heavy atom. The lowest BCUT2D eigenvalue weighted by Gasteiger charge is -2.06. The molecule has 0 aromatic heterocycles. The maximum atomic E-state index is 10.5. The van der Waals surface area contributed by atoms with E-state index in [1.807, 2.05) is 31.2 Å². The largest absolute Gasteiger partial charge is 0.494 e. The van der Waals surface area contributed by atoms with E-state index >= 15 is 0 Å². The highest BCUT2D eigenvalue weighted by Crippen LogP contribution is 2.15. The van der Waals surface area contributed by atoms with Crippen LogP contribution in [-0.2, 0) is 4.79 Å². The molecule has 0 radical (unpaired) electrons. The Morgan fingerprint density at radius 3 is 2.60 bits per heavy atom. The van der Waals surface area contributed by atoms with Crippen LogP contribution in [0.15, 0.2) is 24.3 Å². The van der Waals surface area contributed by atoms with Gasteiger partial charge in [-0.2, -0.15) is 0 Å². The highest BCUT2D eigenvalue weighted by atomic mass is 35.5. The Bertz CT molecular complexity index is 311. The summed E-state index contributed by atoms with van der Waals surface area (Å²) in [6.07, 6.45) is 0.328. The third-order valence-electron chi connectivity index (χ3n) is 1.82. The number of anilines is 1. The average Bonchev–Trinajstić information content (AvgIpc) is 2.20. The maximum absolute atomic E-state index is 10.5. The summed E-state index contributed by atoms with van der Waals surface area (Å²) in [7, 11) is 0. The lowest BCUT2D eigenvalue weighted by atomic mass is 10.3. The first-order chi connectivity index (χ1) is 7.22. The molecule has 15 heavy (non-hydrogen) atoms. The maximum Gasteiger partial charge on any atom is 0.223 e. The fourth-order valence-corrected chi connectivity index (χ4v) is 1.24. The first-order valence-electron chi connectivity index (χ1n) is 4.87. The zero-order valence-electron chi connectivity index (χ0n) is 8.63. The molecule has 1 aromatic carbocycles. The summed E-state index contributed by atoms with van der Waals surface area (Å²) < 4.78 is 5.30. The van der Waals surface area contributed by atoms with Gasteiger partial charge in [0.25, 0.3) is 0 Å². The van der Waals surface area contributed by atoms with Gasteiger partial charge in [0, 0.05) is 18.7 Å². The molecule has 82 valence electrons. The summed E-state index contributed by atoms with van der Waals surface area (Å²) in [5.41, 5.74) is 0.955. The minimum absolute atomic E-state index is 0.326. The number of carbonyl (C=O) groups excluding carboxylic acids is 1. The molecular weight excluding hydrogens is 214 g/mol. The van der Waals surface area contributed by atoms with Crippen LogP contribution in [0.3, 0.4) is 0 Å². The Kier molecular flexibility index (Phi) is 4.98. The average molecular weight is 228 g/mol. The Labute approximate surface area is 94.4 Å². The van der Waals surface area contributed by atoms with Gasteiger partial charge in [0.15, 0.2) is 0 Å². The topological polar surface area (TPSA) is 38.3 Å². The third kappa shape index (κ3) is 4.70. The molecule has 0 saturated carbocycles. The molecule has 0 spiro atoms. The van der Waals surface area contributed by atoms with Gasteiger partial charge in [-0.25, -0.2) is 0 Å². The van der Waals surface area contributed by atoms with Gasteiger partial charge >= 0.3 is 0 Å². The second kappa shape index (κ2) is 6.30. The van der Waals surface area contributed by atoms with Crippen molar-refractivity contribution in [3.8, 4) is 5.75 Å². The lowest BCUT2D eigenvalue weighted by molar-refractivity contribution is -0.111. The van der Waals surface area contributed by atoms with E-state index in [-0.39, 0.29) is 5.24 Å². The predicted octanol–water partition coefficient (Wildman–Crippen LogP) is 2.65. The molecule has 0 amide bonds. The predicted molar refractivity (Wildman–Crippen MR) is 61.6 cm³/mol. The van der Waals surface area contributed by atoms with E-state index in [1.54, 1.807) is 0 Å². The molecule has 0 bridgehead atoms. The van der Waals surface area contributed by atoms with E-state index in [1.165, 1.54) is 0 Å². The van der Waals surface area contributed by atoms with Crippen LogP contribution in [-0.4, -0.2) is 18.4 Å². The van der Waals surface area contributed by atoms with Crippen LogP contribution in [0.1, 0.15) is 13.3 Å². The molecular formula is C11H14ClNO2. The molecule has 0 aliphatic rings. The fraction of sp³-hybridized carbons (Fsp3) is 0.364. The lowest BCUT2D eigenvalue weighted by Crippen LogP contribution is -2.04. The molecule has 0 aliphatic carbocycles. The molecule has 0 heterocycles. The van der Waals surface area contributed by atoms with Crippen molar-refractivity contribution in [3.05, 3.63) is 24.3 Å². The van der Waals surface area contributed by atoms with Crippen molar-refractivity contribution < 1.29 is 9.53 Å². The fourth-order valence-electron chi connectivity index (χ4n) is 1.14. The molecule has 1 N–H and O–H groups in total. The summed E-state index contributed by atoms with van der Waals surface area (Å²) in [6, 6.07) is 7.58. The van der Waals surface area contributed by atoms with E-state index < -0.39 is 0 Å². The van der Waals surface area contributed by atoms with E-state index in [2.05, 4.69) is 5.32 Å². The van der Waals surface area contributed by atoms with Crippen LogP contribution < -0.4 is 10.1 Å². The minimum atomic E-state index is -0.326. The van der Waals surface area contributed by atoms with Crippen LogP contribution in [0.4, 0.5) is 5.69 Å². The number of hydrogen-bond acceptors (Lipinski definition) is 3. The van der Waals surface area contributed by atoms with Gasteiger partial charge in [-0.05, 0) is 42.8 Å². The molecule has 0 saturated heterocycles. The van der Waals surface area contributed by atoms with Gasteiger partial charge in [-0.1, -0.05) is 0 Å². The van der Waals surface area contributed by atoms with Gasteiger partial charge in [0.1, 0.15) is 5.75 Å². The van der Waals surface area contributed by atoms with E-state index in [0.717, 1.165) is 11.4 Å². The summed E-state index contributed by atoms with van der Waals surface area (Å²) in [5, 5.41) is 2.76. The Morgan fingerprint density at radius 1 is 1.40 bits per heavy atom. The summed E-state index contributed by atoms with van der Waals surface area (Å²) in [6.45, 7) is 3.15. The second-order valence-corrected chi connectivity index (χ2v) is 3.41. The standard InChI is InChI=1S/C11H14ClNO2/c1-2-15-10-5-3-9(4-6-10)13-8-7-11(12)14/h3-6,13H,2,7-8H2,1H3. The van der Waals surface area contributed by atoms with Gasteiger partial charge in [-0.3, -0.25) is 4.79 Å². The molecule has 0 aliphatic heterocycles. The highest BCUT2D eigenvalue weighted by Gasteiger charge is 1.96. The van der Waals surface area contributed by atoms with E-state index in [9.17, 15) is 4.79 Å². The molecule has 1 aromatic rings. The summed E-state index contributed by atoms with van der Waals surface area (Å²) in [4.78, 5) is 10.5. The molecule has 0 fully saturated rings. The summed E-state index contributed by atoms with van der Waals surface area (Å²) in [5.74, 6) is 0.844. The van der Waals surface area contributed by atoms with Crippen LogP contribution in [0.25, 0.3) is 0 Å². The van der Waals surface area contributed by atoms with Gasteiger partial charge < -0.3 is 10.1 Å². The first kappa shape index (κ1) is 11.9. The minimum Gasteiger partial charge on any atom is -0.494 e. The van der Waals surface area contributed by atoms with Crippen molar-refractivity contribution >= 4 is 22.5 Å². The highest BCUT2D eigenvalue weighted by molar-refractivity contribution is 6.63. The molecule has 4 heteroatoms. The van der Waals surface area contributed by atoms with Crippen LogP contribution in [0, 0.1) is 0 Å². The monoisotopic (exact) mass is 227 g/mol. The molecule has 0 atom stereocenters. The zero-order chi connectivity index (χ0) is 11.1. The van der Waals surface area contributed by atoms with Crippen molar-refractivity contribution in [1.29, 1.82) is 0 Å². The number of benzene rings is 1. The van der Waals surface area contributed by atoms with Gasteiger partial charge in [-0.15, -0.1) is 0 Å². The third-order valence-corrected chi connectivity index (χ3v) is 2.00. The number of halogens is 1. The molecule has 1 rings (SSSR count). The van der Waals surface area contributed by atoms with Crippen LogP contribution in [0.2, 0.25) is 0 Å². The second-order valence-electron chi connectivity index (χ2n) is 2.99. The zero-order valence-corrected chi connectivity index (χ0v) is 9.38. The first-order valence-corrected chi connectivity index (χ1v) is 5.25. The number of nitrogens with one attached hydrogen (secondary N) is 1. The number of rotatable bonds is 6. The van der Waals surface area contributed by atoms with Crippen molar-refractivity contribution in [1.82, 2.24) is 0 Å². The molecule has 3 nitrogen and oxygen atoms in total. The van der Waals surface area contributed by atoms with Gasteiger partial charge in [0.2, 0.25) is 5.24 Å². The van der Waals surface area contributed by atoms with E-state index in [0.29, 0.717) is 19.6 Å². The molecule has 0 unspecified atom stereocenters. The Hall–Kier alpha value is -1.22. The van der Waals surface area contributed by atoms with E-state index in [4.69, 9.17) is 16.3 Å². The quantitative estimate of drug-likeness (QED) is 0.760. The SMILES string of the molecule is CCOc1ccc(NCCC(=O)Cl)cc1. The number of ether oxygens (including phenoxy) is 1. The van der Waals surface area contributed by atoms with Crippen LogP contribution >= 0.6 is 11.6 Å². The normalized spacial score (nSPS) is 9.73. The number of hydrogen-bond donors (Lipinski definition) is 1. The number of carbonyl (C=O) groups is 1. The Balaban J connectivity index is 2.39. The van der Waals surface area contributed by atoms with Crippen molar-refractivity contribution in [2.24, 2.45) is 0 Å².